The van der Waals surface area contributed by atoms with Crippen LogP contribution in [0, 0.1) is 11.7 Å². The molecule has 0 atom stereocenters. The van der Waals surface area contributed by atoms with E-state index in [0.29, 0.717) is 19.6 Å². The maximum absolute atomic E-state index is 14.0. The van der Waals surface area contributed by atoms with Crippen LogP contribution in [0.4, 0.5) is 4.39 Å². The highest BCUT2D eigenvalue weighted by molar-refractivity contribution is 5.79. The second kappa shape index (κ2) is 10.4. The lowest BCUT2D eigenvalue weighted by Gasteiger charge is -2.34. The van der Waals surface area contributed by atoms with Crippen molar-refractivity contribution in [3.8, 4) is 0 Å². The zero-order valence-corrected chi connectivity index (χ0v) is 17.8. The first-order chi connectivity index (χ1) is 15.2. The first kappa shape index (κ1) is 21.3. The number of benzene rings is 3. The Bertz CT molecular complexity index is 927. The lowest BCUT2D eigenvalue weighted by atomic mass is 9.94. The normalized spacial score (nSPS) is 15.0. The molecular weight excluding hydrogens is 387 g/mol. The third-order valence-corrected chi connectivity index (χ3v) is 6.03. The van der Waals surface area contributed by atoms with Crippen molar-refractivity contribution in [2.45, 2.75) is 32.5 Å². The van der Waals surface area contributed by atoms with Crippen molar-refractivity contribution < 1.29 is 9.18 Å². The van der Waals surface area contributed by atoms with Crippen molar-refractivity contribution in [1.82, 2.24) is 9.80 Å². The van der Waals surface area contributed by atoms with E-state index in [0.717, 1.165) is 42.6 Å². The molecule has 1 amide bonds. The number of nitrogens with zero attached hydrogens (tertiary/aromatic N) is 2. The highest BCUT2D eigenvalue weighted by Gasteiger charge is 2.29. The number of likely N-dealkylation sites (tertiary alicyclic amines) is 1. The van der Waals surface area contributed by atoms with Crippen molar-refractivity contribution in [2.75, 3.05) is 13.1 Å². The van der Waals surface area contributed by atoms with Crippen LogP contribution in [0.3, 0.4) is 0 Å². The van der Waals surface area contributed by atoms with E-state index in [-0.39, 0.29) is 17.6 Å². The summed E-state index contributed by atoms with van der Waals surface area (Å²) >= 11 is 0. The fourth-order valence-electron chi connectivity index (χ4n) is 4.28. The van der Waals surface area contributed by atoms with Gasteiger partial charge in [-0.1, -0.05) is 78.9 Å². The van der Waals surface area contributed by atoms with E-state index in [1.54, 1.807) is 6.07 Å². The molecule has 1 heterocycles. The minimum Gasteiger partial charge on any atom is -0.334 e. The van der Waals surface area contributed by atoms with Crippen LogP contribution in [-0.4, -0.2) is 28.8 Å². The monoisotopic (exact) mass is 416 g/mol. The van der Waals surface area contributed by atoms with Gasteiger partial charge < -0.3 is 4.90 Å². The summed E-state index contributed by atoms with van der Waals surface area (Å²) in [4.78, 5) is 17.7. The predicted octanol–water partition coefficient (Wildman–Crippen LogP) is 5.27. The summed E-state index contributed by atoms with van der Waals surface area (Å²) in [5, 5.41) is 0. The van der Waals surface area contributed by atoms with Gasteiger partial charge in [0, 0.05) is 31.1 Å². The van der Waals surface area contributed by atoms with Gasteiger partial charge in [0.05, 0.1) is 0 Å². The van der Waals surface area contributed by atoms with Gasteiger partial charge in [0.15, 0.2) is 0 Å². The van der Waals surface area contributed by atoms with Gasteiger partial charge in [0.25, 0.3) is 0 Å². The van der Waals surface area contributed by atoms with Gasteiger partial charge in [-0.15, -0.1) is 0 Å². The fraction of sp³-hybridized carbons (Fsp3) is 0.296. The molecule has 0 aromatic heterocycles. The number of hydrogen-bond donors (Lipinski definition) is 0. The Morgan fingerprint density at radius 2 is 1.32 bits per heavy atom. The molecule has 0 bridgehead atoms. The molecule has 31 heavy (non-hydrogen) atoms. The van der Waals surface area contributed by atoms with Crippen molar-refractivity contribution in [3.63, 3.8) is 0 Å². The van der Waals surface area contributed by atoms with Crippen LogP contribution < -0.4 is 0 Å². The van der Waals surface area contributed by atoms with Gasteiger partial charge in [-0.2, -0.15) is 0 Å². The fourth-order valence-corrected chi connectivity index (χ4v) is 4.28. The van der Waals surface area contributed by atoms with E-state index in [1.807, 2.05) is 53.4 Å². The average molecular weight is 417 g/mol. The van der Waals surface area contributed by atoms with Crippen molar-refractivity contribution in [3.05, 3.63) is 107 Å². The Kier molecular flexibility index (Phi) is 7.11. The summed E-state index contributed by atoms with van der Waals surface area (Å²) in [6.45, 7) is 3.46. The number of carbonyl (C=O) groups excluding carboxylic acids is 1. The Morgan fingerprint density at radius 1 is 0.806 bits per heavy atom. The lowest BCUT2D eigenvalue weighted by Crippen LogP contribution is -2.42. The van der Waals surface area contributed by atoms with E-state index in [2.05, 4.69) is 29.2 Å². The highest BCUT2D eigenvalue weighted by Crippen LogP contribution is 2.24. The molecule has 0 saturated carbocycles. The minimum atomic E-state index is -0.155. The molecule has 4 rings (SSSR count). The molecule has 1 saturated heterocycles. The average Bonchev–Trinajstić information content (AvgIpc) is 2.82. The Balaban J connectivity index is 1.40. The summed E-state index contributed by atoms with van der Waals surface area (Å²) in [5.74, 6) is 0.0835. The van der Waals surface area contributed by atoms with E-state index in [4.69, 9.17) is 0 Å². The zero-order chi connectivity index (χ0) is 21.5. The van der Waals surface area contributed by atoms with Crippen molar-refractivity contribution in [1.29, 1.82) is 0 Å². The number of carbonyl (C=O) groups is 1. The van der Waals surface area contributed by atoms with Crippen LogP contribution >= 0.6 is 0 Å². The molecule has 1 fully saturated rings. The smallest absolute Gasteiger partial charge is 0.226 e. The van der Waals surface area contributed by atoms with E-state index >= 15 is 0 Å². The van der Waals surface area contributed by atoms with Crippen LogP contribution in [0.15, 0.2) is 84.9 Å². The quantitative estimate of drug-likeness (QED) is 0.524. The summed E-state index contributed by atoms with van der Waals surface area (Å²) in [5.41, 5.74) is 3.01. The molecule has 0 aliphatic carbocycles. The van der Waals surface area contributed by atoms with Gasteiger partial charge in [-0.3, -0.25) is 9.69 Å². The zero-order valence-electron chi connectivity index (χ0n) is 17.8. The van der Waals surface area contributed by atoms with Crippen LogP contribution in [0.25, 0.3) is 0 Å². The minimum absolute atomic E-state index is 0.0179. The number of rotatable bonds is 7. The van der Waals surface area contributed by atoms with Gasteiger partial charge in [0.1, 0.15) is 5.82 Å². The highest BCUT2D eigenvalue weighted by atomic mass is 19.1. The summed E-state index contributed by atoms with van der Waals surface area (Å²) < 4.78 is 14.0. The van der Waals surface area contributed by atoms with E-state index in [9.17, 15) is 9.18 Å². The third-order valence-electron chi connectivity index (χ3n) is 6.03. The van der Waals surface area contributed by atoms with Crippen LogP contribution in [0.5, 0.6) is 0 Å². The second-order valence-corrected chi connectivity index (χ2v) is 8.31. The van der Waals surface area contributed by atoms with Crippen LogP contribution in [0.1, 0.15) is 29.5 Å². The third kappa shape index (κ3) is 5.80. The molecule has 3 aromatic carbocycles. The first-order valence-electron chi connectivity index (χ1n) is 11.0. The van der Waals surface area contributed by atoms with Gasteiger partial charge in [-0.05, 0) is 43.1 Å². The van der Waals surface area contributed by atoms with Gasteiger partial charge >= 0.3 is 0 Å². The van der Waals surface area contributed by atoms with Crippen molar-refractivity contribution >= 4 is 5.91 Å². The van der Waals surface area contributed by atoms with E-state index in [1.165, 1.54) is 6.07 Å². The molecule has 0 unspecified atom stereocenters. The maximum Gasteiger partial charge on any atom is 0.226 e. The summed E-state index contributed by atoms with van der Waals surface area (Å²) in [6.07, 6.45) is 1.63. The predicted molar refractivity (Wildman–Crippen MR) is 122 cm³/mol. The molecule has 3 aromatic rings. The first-order valence-corrected chi connectivity index (χ1v) is 11.0. The molecule has 0 radical (unpaired) electrons. The SMILES string of the molecule is O=C(C1CCN(Cc2ccccc2F)CC1)N(Cc1ccccc1)Cc1ccccc1. The Labute approximate surface area is 184 Å². The molecule has 3 nitrogen and oxygen atoms in total. The standard InChI is InChI=1S/C27H29FN2O/c28-26-14-8-7-13-25(26)21-29-17-15-24(16-18-29)27(31)30(19-22-9-3-1-4-10-22)20-23-11-5-2-6-12-23/h1-14,24H,15-21H2. The van der Waals surface area contributed by atoms with Gasteiger partial charge in [0.2, 0.25) is 5.91 Å². The molecule has 0 spiro atoms. The molecule has 1 aliphatic rings. The molecule has 4 heteroatoms. The number of amides is 1. The number of piperidine rings is 1. The maximum atomic E-state index is 14.0. The number of halogens is 1. The number of hydrogen-bond acceptors (Lipinski definition) is 2. The largest absolute Gasteiger partial charge is 0.334 e. The molecular formula is C27H29FN2O. The van der Waals surface area contributed by atoms with E-state index < -0.39 is 0 Å². The van der Waals surface area contributed by atoms with Gasteiger partial charge in [-0.25, -0.2) is 4.39 Å². The van der Waals surface area contributed by atoms with Crippen LogP contribution in [0.2, 0.25) is 0 Å². The molecule has 160 valence electrons. The topological polar surface area (TPSA) is 23.6 Å². The second-order valence-electron chi connectivity index (χ2n) is 8.31. The molecule has 0 N–H and O–H groups in total. The Hall–Kier alpha value is -2.98. The Morgan fingerprint density at radius 3 is 1.87 bits per heavy atom. The lowest BCUT2D eigenvalue weighted by molar-refractivity contribution is -0.138. The van der Waals surface area contributed by atoms with Crippen molar-refractivity contribution in [2.24, 2.45) is 5.92 Å². The molecule has 1 aliphatic heterocycles. The summed E-state index contributed by atoms with van der Waals surface area (Å²) in [6, 6.07) is 27.3. The summed E-state index contributed by atoms with van der Waals surface area (Å²) in [7, 11) is 0. The van der Waals surface area contributed by atoms with Crippen LogP contribution in [-0.2, 0) is 24.4 Å².